The number of benzene rings is 1. The predicted octanol–water partition coefficient (Wildman–Crippen LogP) is 2.08. The fraction of sp³-hybridized carbons (Fsp3) is 0.364. The number of ether oxygens (including phenoxy) is 1. The fourth-order valence-corrected chi connectivity index (χ4v) is 1.49. The van der Waals surface area contributed by atoms with Crippen molar-refractivity contribution in [1.29, 1.82) is 0 Å². The van der Waals surface area contributed by atoms with Crippen LogP contribution in [0.3, 0.4) is 0 Å². The number of carbonyl (C=O) groups excluding carboxylic acids is 1. The summed E-state index contributed by atoms with van der Waals surface area (Å²) in [7, 11) is 3.11. The molecule has 88 valence electrons. The predicted molar refractivity (Wildman–Crippen MR) is 59.8 cm³/mol. The van der Waals surface area contributed by atoms with Gasteiger partial charge < -0.3 is 4.74 Å². The average molecular weight is 246 g/mol. The summed E-state index contributed by atoms with van der Waals surface area (Å²) in [5, 5.41) is 0.0870. The van der Waals surface area contributed by atoms with Crippen molar-refractivity contribution in [3.05, 3.63) is 34.6 Å². The summed E-state index contributed by atoms with van der Waals surface area (Å²) in [6.07, 6.45) is 0. The minimum Gasteiger partial charge on any atom is -0.468 e. The molecule has 16 heavy (non-hydrogen) atoms. The van der Waals surface area contributed by atoms with E-state index in [9.17, 15) is 9.18 Å². The van der Waals surface area contributed by atoms with Crippen LogP contribution in [0, 0.1) is 5.82 Å². The molecule has 0 aliphatic carbocycles. The highest BCUT2D eigenvalue weighted by Gasteiger charge is 2.08. The van der Waals surface area contributed by atoms with Crippen LogP contribution in [-0.4, -0.2) is 31.6 Å². The van der Waals surface area contributed by atoms with Gasteiger partial charge >= 0.3 is 5.97 Å². The third-order valence-electron chi connectivity index (χ3n) is 2.06. The molecule has 0 N–H and O–H groups in total. The first kappa shape index (κ1) is 12.9. The van der Waals surface area contributed by atoms with Crippen LogP contribution in [0.1, 0.15) is 5.56 Å². The third-order valence-corrected chi connectivity index (χ3v) is 2.35. The Labute approximate surface area is 98.8 Å². The molecule has 0 spiro atoms. The maximum atomic E-state index is 12.9. The van der Waals surface area contributed by atoms with Gasteiger partial charge in [-0.15, -0.1) is 0 Å². The van der Waals surface area contributed by atoms with Gasteiger partial charge in [-0.2, -0.15) is 0 Å². The average Bonchev–Trinajstić information content (AvgIpc) is 2.23. The molecular weight excluding hydrogens is 233 g/mol. The molecule has 1 rings (SSSR count). The molecule has 0 bridgehead atoms. The van der Waals surface area contributed by atoms with E-state index in [4.69, 9.17) is 11.6 Å². The second-order valence-electron chi connectivity index (χ2n) is 3.50. The lowest BCUT2D eigenvalue weighted by Gasteiger charge is -2.15. The van der Waals surface area contributed by atoms with Gasteiger partial charge in [-0.1, -0.05) is 17.7 Å². The van der Waals surface area contributed by atoms with E-state index in [-0.39, 0.29) is 17.5 Å². The summed E-state index contributed by atoms with van der Waals surface area (Å²) in [5.74, 6) is -0.753. The minimum absolute atomic E-state index is 0.0870. The van der Waals surface area contributed by atoms with E-state index in [1.54, 1.807) is 24.1 Å². The molecule has 0 aliphatic rings. The second kappa shape index (κ2) is 5.82. The summed E-state index contributed by atoms with van der Waals surface area (Å²) in [5.41, 5.74) is 0.845. The Kier molecular flexibility index (Phi) is 4.71. The molecule has 0 saturated carbocycles. The molecule has 0 atom stereocenters. The Hall–Kier alpha value is -1.13. The minimum atomic E-state index is -0.443. The molecule has 1 aromatic rings. The van der Waals surface area contributed by atoms with E-state index in [0.717, 1.165) is 5.56 Å². The van der Waals surface area contributed by atoms with Crippen LogP contribution < -0.4 is 0 Å². The van der Waals surface area contributed by atoms with E-state index >= 15 is 0 Å². The zero-order valence-electron chi connectivity index (χ0n) is 9.17. The van der Waals surface area contributed by atoms with Gasteiger partial charge in [0.05, 0.1) is 18.7 Å². The number of carbonyl (C=O) groups is 1. The van der Waals surface area contributed by atoms with E-state index in [1.807, 2.05) is 0 Å². The van der Waals surface area contributed by atoms with E-state index in [1.165, 1.54) is 13.2 Å². The van der Waals surface area contributed by atoms with Crippen LogP contribution in [0.2, 0.25) is 5.02 Å². The van der Waals surface area contributed by atoms with Crippen molar-refractivity contribution in [2.24, 2.45) is 0 Å². The molecule has 0 aliphatic heterocycles. The van der Waals surface area contributed by atoms with Crippen molar-refractivity contribution in [2.45, 2.75) is 6.54 Å². The van der Waals surface area contributed by atoms with Crippen molar-refractivity contribution < 1.29 is 13.9 Å². The van der Waals surface area contributed by atoms with Gasteiger partial charge in [0.1, 0.15) is 5.82 Å². The van der Waals surface area contributed by atoms with Gasteiger partial charge in [0.15, 0.2) is 0 Å². The van der Waals surface area contributed by atoms with Gasteiger partial charge in [0, 0.05) is 6.54 Å². The number of halogens is 2. The molecule has 0 saturated heterocycles. The maximum Gasteiger partial charge on any atom is 0.319 e. The van der Waals surface area contributed by atoms with Crippen molar-refractivity contribution in [1.82, 2.24) is 4.90 Å². The Morgan fingerprint density at radius 1 is 1.56 bits per heavy atom. The SMILES string of the molecule is COC(=O)CN(C)Cc1ccc(F)c(Cl)c1. The number of nitrogens with zero attached hydrogens (tertiary/aromatic N) is 1. The summed E-state index contributed by atoms with van der Waals surface area (Å²) in [6, 6.07) is 4.49. The number of likely N-dealkylation sites (N-methyl/N-ethyl adjacent to an activating group) is 1. The lowest BCUT2D eigenvalue weighted by Crippen LogP contribution is -2.26. The smallest absolute Gasteiger partial charge is 0.319 e. The molecule has 0 heterocycles. The zero-order valence-corrected chi connectivity index (χ0v) is 9.92. The van der Waals surface area contributed by atoms with Crippen molar-refractivity contribution in [3.63, 3.8) is 0 Å². The third kappa shape index (κ3) is 3.79. The molecule has 0 amide bonds. The quantitative estimate of drug-likeness (QED) is 0.761. The number of esters is 1. The fourth-order valence-electron chi connectivity index (χ4n) is 1.29. The maximum absolute atomic E-state index is 12.9. The molecule has 0 fully saturated rings. The van der Waals surface area contributed by atoms with Crippen LogP contribution in [0.5, 0.6) is 0 Å². The number of methoxy groups -OCH3 is 1. The number of hydrogen-bond acceptors (Lipinski definition) is 3. The van der Waals surface area contributed by atoms with Crippen molar-refractivity contribution >= 4 is 17.6 Å². The van der Waals surface area contributed by atoms with Crippen molar-refractivity contribution in [3.8, 4) is 0 Å². The highest BCUT2D eigenvalue weighted by atomic mass is 35.5. The van der Waals surface area contributed by atoms with Crippen LogP contribution >= 0.6 is 11.6 Å². The van der Waals surface area contributed by atoms with E-state index in [2.05, 4.69) is 4.74 Å². The van der Waals surface area contributed by atoms with Crippen LogP contribution in [0.25, 0.3) is 0 Å². The van der Waals surface area contributed by atoms with Gasteiger partial charge in [-0.05, 0) is 24.7 Å². The van der Waals surface area contributed by atoms with Crippen LogP contribution in [0.4, 0.5) is 4.39 Å². The number of rotatable bonds is 4. The molecule has 0 unspecified atom stereocenters. The standard InChI is InChI=1S/C11H13ClFNO2/c1-14(7-11(15)16-2)6-8-3-4-10(13)9(12)5-8/h3-5H,6-7H2,1-2H3. The lowest BCUT2D eigenvalue weighted by atomic mass is 10.2. The Morgan fingerprint density at radius 3 is 2.81 bits per heavy atom. The lowest BCUT2D eigenvalue weighted by molar-refractivity contribution is -0.141. The molecule has 1 aromatic carbocycles. The summed E-state index contributed by atoms with van der Waals surface area (Å²) in [6.45, 7) is 0.695. The largest absolute Gasteiger partial charge is 0.468 e. The highest BCUT2D eigenvalue weighted by Crippen LogP contribution is 2.16. The number of hydrogen-bond donors (Lipinski definition) is 0. The van der Waals surface area contributed by atoms with Gasteiger partial charge in [-0.25, -0.2) is 4.39 Å². The Bertz CT molecular complexity index is 384. The highest BCUT2D eigenvalue weighted by molar-refractivity contribution is 6.30. The monoisotopic (exact) mass is 245 g/mol. The van der Waals surface area contributed by atoms with E-state index < -0.39 is 5.82 Å². The first-order valence-corrected chi connectivity index (χ1v) is 5.10. The van der Waals surface area contributed by atoms with E-state index in [0.29, 0.717) is 6.54 Å². The summed E-state index contributed by atoms with van der Waals surface area (Å²) < 4.78 is 17.4. The Balaban J connectivity index is 2.59. The topological polar surface area (TPSA) is 29.5 Å². The van der Waals surface area contributed by atoms with Crippen LogP contribution in [-0.2, 0) is 16.1 Å². The van der Waals surface area contributed by atoms with Gasteiger partial charge in [0.25, 0.3) is 0 Å². The summed E-state index contributed by atoms with van der Waals surface area (Å²) in [4.78, 5) is 12.7. The normalized spacial score (nSPS) is 10.6. The first-order chi connectivity index (χ1) is 7.52. The summed E-state index contributed by atoms with van der Waals surface area (Å²) >= 11 is 5.65. The molecule has 3 nitrogen and oxygen atoms in total. The zero-order chi connectivity index (χ0) is 12.1. The first-order valence-electron chi connectivity index (χ1n) is 4.72. The van der Waals surface area contributed by atoms with Crippen LogP contribution in [0.15, 0.2) is 18.2 Å². The van der Waals surface area contributed by atoms with Gasteiger partial charge in [0.2, 0.25) is 0 Å². The molecule has 5 heteroatoms. The van der Waals surface area contributed by atoms with Crippen molar-refractivity contribution in [2.75, 3.05) is 20.7 Å². The molecular formula is C11H13ClFNO2. The second-order valence-corrected chi connectivity index (χ2v) is 3.90. The van der Waals surface area contributed by atoms with Gasteiger partial charge in [-0.3, -0.25) is 9.69 Å². The molecule has 0 aromatic heterocycles. The Morgan fingerprint density at radius 2 is 2.25 bits per heavy atom. The molecule has 0 radical (unpaired) electrons.